The van der Waals surface area contributed by atoms with Crippen molar-refractivity contribution in [3.63, 3.8) is 0 Å². The minimum absolute atomic E-state index is 0.0116. The minimum Gasteiger partial charge on any atom is -0.198 e. The van der Waals surface area contributed by atoms with Crippen LogP contribution in [0.3, 0.4) is 0 Å². The molecule has 0 saturated carbocycles. The first-order valence-corrected chi connectivity index (χ1v) is 8.07. The summed E-state index contributed by atoms with van der Waals surface area (Å²) < 4.78 is 0. The maximum atomic E-state index is 8.33. The van der Waals surface area contributed by atoms with E-state index in [-0.39, 0.29) is 5.54 Å². The molecule has 0 aromatic rings. The summed E-state index contributed by atoms with van der Waals surface area (Å²) in [6.07, 6.45) is 1.13. The largest absolute Gasteiger partial charge is 0.345 e. The third-order valence-corrected chi connectivity index (χ3v) is 5.61. The Labute approximate surface area is 76.0 Å². The number of hydrogen-bond acceptors (Lipinski definition) is 1. The molecular formula is C5H8Cl3NSi. The Bertz CT molecular complexity index is 137. The van der Waals surface area contributed by atoms with Crippen LogP contribution in [0, 0.1) is 11.3 Å². The number of nitrogens with zero attached hydrogens (tertiary/aromatic N) is 1. The zero-order valence-corrected chi connectivity index (χ0v) is 8.84. The highest BCUT2D eigenvalue weighted by atomic mass is 35.8. The molecule has 0 aliphatic rings. The number of halogens is 3. The van der Waals surface area contributed by atoms with Crippen LogP contribution in [0.25, 0.3) is 0 Å². The number of hydrogen-bond donors (Lipinski definition) is 0. The zero-order chi connectivity index (χ0) is 8.20. The Hall–Kier alpha value is 0.577. The summed E-state index contributed by atoms with van der Waals surface area (Å²) in [5.74, 6) is 0. The second kappa shape index (κ2) is 4.45. The zero-order valence-electron chi connectivity index (χ0n) is 5.57. The lowest BCUT2D eigenvalue weighted by Gasteiger charge is -2.16. The highest BCUT2D eigenvalue weighted by Crippen LogP contribution is 2.38. The molecule has 5 heteroatoms. The average molecular weight is 217 g/mol. The van der Waals surface area contributed by atoms with E-state index >= 15 is 0 Å². The van der Waals surface area contributed by atoms with E-state index in [1.165, 1.54) is 0 Å². The smallest absolute Gasteiger partial charge is 0.198 e. The third-order valence-electron chi connectivity index (χ3n) is 1.29. The predicted octanol–water partition coefficient (Wildman–Crippen LogP) is 3.34. The molecule has 0 saturated heterocycles. The minimum atomic E-state index is -2.61. The molecule has 0 amide bonds. The first-order chi connectivity index (χ1) is 4.52. The molecule has 1 unspecified atom stereocenters. The van der Waals surface area contributed by atoms with Crippen molar-refractivity contribution in [1.29, 1.82) is 5.26 Å². The Morgan fingerprint density at radius 1 is 1.50 bits per heavy atom. The van der Waals surface area contributed by atoms with Gasteiger partial charge in [-0.05, 0) is 0 Å². The molecule has 0 radical (unpaired) electrons. The molecule has 0 aromatic carbocycles. The third kappa shape index (κ3) is 3.67. The van der Waals surface area contributed by atoms with Crippen molar-refractivity contribution in [1.82, 2.24) is 0 Å². The van der Waals surface area contributed by atoms with Gasteiger partial charge in [0.1, 0.15) is 0 Å². The van der Waals surface area contributed by atoms with Crippen LogP contribution in [-0.2, 0) is 0 Å². The predicted molar refractivity (Wildman–Crippen MR) is 47.6 cm³/mol. The van der Waals surface area contributed by atoms with Crippen molar-refractivity contribution in [2.75, 3.05) is 0 Å². The van der Waals surface area contributed by atoms with Crippen molar-refractivity contribution in [3.8, 4) is 6.07 Å². The van der Waals surface area contributed by atoms with Crippen LogP contribution in [-0.4, -0.2) is 6.00 Å². The lowest BCUT2D eigenvalue weighted by molar-refractivity contribution is 0.808. The van der Waals surface area contributed by atoms with E-state index in [0.717, 1.165) is 6.42 Å². The lowest BCUT2D eigenvalue weighted by atomic mass is 10.3. The first-order valence-electron chi connectivity index (χ1n) is 2.96. The fourth-order valence-corrected chi connectivity index (χ4v) is 3.47. The van der Waals surface area contributed by atoms with Crippen molar-refractivity contribution in [3.05, 3.63) is 0 Å². The highest BCUT2D eigenvalue weighted by molar-refractivity contribution is 7.65. The monoisotopic (exact) mass is 215 g/mol. The summed E-state index contributed by atoms with van der Waals surface area (Å²) in [5.41, 5.74) is -0.0116. The maximum Gasteiger partial charge on any atom is 0.345 e. The van der Waals surface area contributed by atoms with E-state index in [1.807, 2.05) is 13.0 Å². The van der Waals surface area contributed by atoms with Gasteiger partial charge in [0.05, 0.1) is 6.07 Å². The standard InChI is InChI=1S/C5H8Cl3NSi/c1-2-5(3-4-9)10(6,7)8/h5H,2-3H2,1H3. The van der Waals surface area contributed by atoms with E-state index in [0.29, 0.717) is 6.42 Å². The summed E-state index contributed by atoms with van der Waals surface area (Å²) in [6, 6.07) is -0.607. The van der Waals surface area contributed by atoms with Crippen molar-refractivity contribution in [2.24, 2.45) is 0 Å². The lowest BCUT2D eigenvalue weighted by Crippen LogP contribution is -2.18. The van der Waals surface area contributed by atoms with Crippen LogP contribution < -0.4 is 0 Å². The number of nitriles is 1. The van der Waals surface area contributed by atoms with Gasteiger partial charge in [-0.25, -0.2) is 0 Å². The van der Waals surface area contributed by atoms with Gasteiger partial charge in [0, 0.05) is 12.0 Å². The summed E-state index contributed by atoms with van der Waals surface area (Å²) in [4.78, 5) is 0. The molecule has 0 spiro atoms. The number of rotatable bonds is 3. The molecule has 0 aliphatic heterocycles. The van der Waals surface area contributed by atoms with Crippen LogP contribution in [0.15, 0.2) is 0 Å². The van der Waals surface area contributed by atoms with E-state index in [2.05, 4.69) is 0 Å². The molecule has 0 bridgehead atoms. The average Bonchev–Trinajstić information content (AvgIpc) is 1.80. The summed E-state index contributed by atoms with van der Waals surface area (Å²) in [5, 5.41) is 8.33. The fraction of sp³-hybridized carbons (Fsp3) is 0.800. The Kier molecular flexibility index (Phi) is 4.71. The van der Waals surface area contributed by atoms with Gasteiger partial charge in [-0.2, -0.15) is 5.26 Å². The molecular weight excluding hydrogens is 209 g/mol. The quantitative estimate of drug-likeness (QED) is 0.524. The van der Waals surface area contributed by atoms with E-state index in [9.17, 15) is 0 Å². The van der Waals surface area contributed by atoms with Crippen molar-refractivity contribution in [2.45, 2.75) is 25.3 Å². The van der Waals surface area contributed by atoms with Crippen LogP contribution in [0.5, 0.6) is 0 Å². The first kappa shape index (κ1) is 10.6. The second-order valence-electron chi connectivity index (χ2n) is 2.01. The van der Waals surface area contributed by atoms with Gasteiger partial charge < -0.3 is 0 Å². The van der Waals surface area contributed by atoms with Crippen LogP contribution in [0.2, 0.25) is 5.54 Å². The highest BCUT2D eigenvalue weighted by Gasteiger charge is 2.34. The molecule has 0 rings (SSSR count). The Morgan fingerprint density at radius 3 is 2.10 bits per heavy atom. The second-order valence-corrected chi connectivity index (χ2v) is 11.0. The molecule has 58 valence electrons. The van der Waals surface area contributed by atoms with E-state index in [1.54, 1.807) is 0 Å². The van der Waals surface area contributed by atoms with Gasteiger partial charge in [0.15, 0.2) is 0 Å². The molecule has 0 N–H and O–H groups in total. The van der Waals surface area contributed by atoms with Crippen molar-refractivity contribution < 1.29 is 0 Å². The fourth-order valence-electron chi connectivity index (χ4n) is 0.602. The van der Waals surface area contributed by atoms with Crippen LogP contribution >= 0.6 is 33.2 Å². The maximum absolute atomic E-state index is 8.33. The Morgan fingerprint density at radius 2 is 2.00 bits per heavy atom. The molecule has 1 nitrogen and oxygen atoms in total. The van der Waals surface area contributed by atoms with E-state index in [4.69, 9.17) is 38.5 Å². The normalized spacial score (nSPS) is 14.3. The molecule has 0 aliphatic carbocycles. The SMILES string of the molecule is CCC(CC#N)[Si](Cl)(Cl)Cl. The summed E-state index contributed by atoms with van der Waals surface area (Å²) in [6.45, 7) is 1.93. The molecule has 10 heavy (non-hydrogen) atoms. The summed E-state index contributed by atoms with van der Waals surface area (Å²) >= 11 is 17.1. The van der Waals surface area contributed by atoms with Crippen LogP contribution in [0.1, 0.15) is 19.8 Å². The van der Waals surface area contributed by atoms with Gasteiger partial charge in [0.25, 0.3) is 0 Å². The molecule has 0 aromatic heterocycles. The molecule has 1 atom stereocenters. The Balaban J connectivity index is 3.97. The van der Waals surface area contributed by atoms with Gasteiger partial charge in [-0.1, -0.05) is 13.3 Å². The van der Waals surface area contributed by atoms with Crippen LogP contribution in [0.4, 0.5) is 0 Å². The topological polar surface area (TPSA) is 23.8 Å². The van der Waals surface area contributed by atoms with Gasteiger partial charge in [0.2, 0.25) is 0 Å². The van der Waals surface area contributed by atoms with Gasteiger partial charge >= 0.3 is 6.00 Å². The summed E-state index contributed by atoms with van der Waals surface area (Å²) in [7, 11) is 0. The van der Waals surface area contributed by atoms with Gasteiger partial charge in [-0.15, -0.1) is 33.2 Å². The molecule has 0 fully saturated rings. The van der Waals surface area contributed by atoms with E-state index < -0.39 is 6.00 Å². The molecule has 0 heterocycles. The van der Waals surface area contributed by atoms with Gasteiger partial charge in [-0.3, -0.25) is 0 Å². The van der Waals surface area contributed by atoms with Crippen molar-refractivity contribution >= 4 is 39.2 Å².